The lowest BCUT2D eigenvalue weighted by Gasteiger charge is -2.13. The molecule has 0 atom stereocenters. The molecule has 0 unspecified atom stereocenters. The monoisotopic (exact) mass is 377 g/mol. The van der Waals surface area contributed by atoms with E-state index in [1.165, 1.54) is 0 Å². The summed E-state index contributed by atoms with van der Waals surface area (Å²) in [6.45, 7) is 1.88. The van der Waals surface area contributed by atoms with Gasteiger partial charge in [-0.25, -0.2) is 4.98 Å². The predicted octanol–water partition coefficient (Wildman–Crippen LogP) is 4.26. The summed E-state index contributed by atoms with van der Waals surface area (Å²) in [6.07, 6.45) is 1.04. The number of rotatable bonds is 9. The first-order valence-corrected chi connectivity index (χ1v) is 9.38. The summed E-state index contributed by atoms with van der Waals surface area (Å²) in [5, 5.41) is 6.70. The van der Waals surface area contributed by atoms with Gasteiger partial charge in [0.25, 0.3) is 0 Å². The van der Waals surface area contributed by atoms with Crippen molar-refractivity contribution in [3.63, 3.8) is 0 Å². The maximum atomic E-state index is 5.30. The second-order valence-electron chi connectivity index (χ2n) is 6.77. The van der Waals surface area contributed by atoms with Gasteiger partial charge in [0.2, 0.25) is 5.95 Å². The van der Waals surface area contributed by atoms with Gasteiger partial charge >= 0.3 is 0 Å². The summed E-state index contributed by atoms with van der Waals surface area (Å²) in [5.74, 6) is 2.13. The van der Waals surface area contributed by atoms with E-state index >= 15 is 0 Å². The second kappa shape index (κ2) is 9.71. The fraction of sp³-hybridized carbons (Fsp3) is 0.273. The highest BCUT2D eigenvalue weighted by Crippen LogP contribution is 2.24. The quantitative estimate of drug-likeness (QED) is 0.543. The molecule has 0 saturated heterocycles. The third-order valence-corrected chi connectivity index (χ3v) is 4.21. The summed E-state index contributed by atoms with van der Waals surface area (Å²) in [4.78, 5) is 11.5. The van der Waals surface area contributed by atoms with E-state index < -0.39 is 0 Å². The molecule has 0 aliphatic rings. The number of benzene rings is 2. The van der Waals surface area contributed by atoms with Crippen molar-refractivity contribution in [2.45, 2.75) is 6.42 Å². The van der Waals surface area contributed by atoms with Crippen LogP contribution in [0.3, 0.4) is 0 Å². The van der Waals surface area contributed by atoms with Crippen LogP contribution in [0.25, 0.3) is 11.3 Å². The van der Waals surface area contributed by atoms with Gasteiger partial charge in [-0.05, 0) is 39.2 Å². The Kier molecular flexibility index (Phi) is 6.81. The highest BCUT2D eigenvalue weighted by molar-refractivity contribution is 5.66. The molecule has 2 aromatic carbocycles. The summed E-state index contributed by atoms with van der Waals surface area (Å²) >= 11 is 0. The van der Waals surface area contributed by atoms with Gasteiger partial charge in [-0.2, -0.15) is 4.98 Å². The number of nitrogens with zero attached hydrogens (tertiary/aromatic N) is 3. The molecule has 0 amide bonds. The molecule has 3 aromatic rings. The molecular weight excluding hydrogens is 350 g/mol. The van der Waals surface area contributed by atoms with Crippen molar-refractivity contribution >= 4 is 17.5 Å². The molecule has 0 radical (unpaired) electrons. The first-order chi connectivity index (χ1) is 13.6. The molecule has 6 heteroatoms. The van der Waals surface area contributed by atoms with Crippen molar-refractivity contribution in [3.8, 4) is 17.0 Å². The van der Waals surface area contributed by atoms with Crippen LogP contribution in [0.4, 0.5) is 17.5 Å². The van der Waals surface area contributed by atoms with Crippen molar-refractivity contribution in [1.82, 2.24) is 14.9 Å². The Morgan fingerprint density at radius 3 is 2.54 bits per heavy atom. The smallest absolute Gasteiger partial charge is 0.229 e. The minimum atomic E-state index is 0.546. The number of anilines is 3. The number of hydrogen-bond donors (Lipinski definition) is 2. The van der Waals surface area contributed by atoms with Crippen LogP contribution in [0.2, 0.25) is 0 Å². The number of aromatic nitrogens is 2. The molecule has 2 N–H and O–H groups in total. The Morgan fingerprint density at radius 2 is 1.79 bits per heavy atom. The first kappa shape index (κ1) is 19.6. The van der Waals surface area contributed by atoms with Gasteiger partial charge in [0.1, 0.15) is 11.6 Å². The minimum absolute atomic E-state index is 0.546. The Labute approximate surface area is 166 Å². The van der Waals surface area contributed by atoms with Crippen molar-refractivity contribution in [2.75, 3.05) is 44.9 Å². The SMILES string of the molecule is COc1cccc(Nc2nc(NCCCN(C)C)cc(-c3ccccc3)n2)c1. The van der Waals surface area contributed by atoms with E-state index in [0.29, 0.717) is 5.95 Å². The van der Waals surface area contributed by atoms with Gasteiger partial charge in [0.15, 0.2) is 0 Å². The third-order valence-electron chi connectivity index (χ3n) is 4.21. The molecule has 0 saturated carbocycles. The molecule has 28 heavy (non-hydrogen) atoms. The first-order valence-electron chi connectivity index (χ1n) is 9.38. The topological polar surface area (TPSA) is 62.3 Å². The van der Waals surface area contributed by atoms with E-state index in [9.17, 15) is 0 Å². The van der Waals surface area contributed by atoms with E-state index in [-0.39, 0.29) is 0 Å². The lowest BCUT2D eigenvalue weighted by atomic mass is 10.1. The fourth-order valence-electron chi connectivity index (χ4n) is 2.79. The Morgan fingerprint density at radius 1 is 0.964 bits per heavy atom. The number of hydrogen-bond acceptors (Lipinski definition) is 6. The molecule has 3 rings (SSSR count). The lowest BCUT2D eigenvalue weighted by Crippen LogP contribution is -2.16. The second-order valence-corrected chi connectivity index (χ2v) is 6.77. The Bertz CT molecular complexity index is 883. The molecule has 146 valence electrons. The highest BCUT2D eigenvalue weighted by atomic mass is 16.5. The van der Waals surface area contributed by atoms with E-state index in [1.807, 2.05) is 60.7 Å². The molecule has 6 nitrogen and oxygen atoms in total. The zero-order chi connectivity index (χ0) is 19.8. The van der Waals surface area contributed by atoms with Gasteiger partial charge in [-0.3, -0.25) is 0 Å². The summed E-state index contributed by atoms with van der Waals surface area (Å²) in [7, 11) is 5.81. The van der Waals surface area contributed by atoms with Gasteiger partial charge < -0.3 is 20.3 Å². The normalized spacial score (nSPS) is 10.7. The molecule has 0 fully saturated rings. The van der Waals surface area contributed by atoms with E-state index in [0.717, 1.165) is 48.0 Å². The molecule has 1 aromatic heterocycles. The Hall–Kier alpha value is -3.12. The average molecular weight is 377 g/mol. The molecule has 0 spiro atoms. The van der Waals surface area contributed by atoms with E-state index in [4.69, 9.17) is 9.72 Å². The zero-order valence-corrected chi connectivity index (χ0v) is 16.6. The molecule has 0 aliphatic carbocycles. The van der Waals surface area contributed by atoms with Crippen molar-refractivity contribution < 1.29 is 4.74 Å². The number of nitrogens with one attached hydrogen (secondary N) is 2. The summed E-state index contributed by atoms with van der Waals surface area (Å²) in [6, 6.07) is 19.8. The van der Waals surface area contributed by atoms with Crippen LogP contribution in [-0.2, 0) is 0 Å². The maximum absolute atomic E-state index is 5.30. The van der Waals surface area contributed by atoms with Crippen LogP contribution in [-0.4, -0.2) is 49.2 Å². The molecular formula is C22H27N5O. The van der Waals surface area contributed by atoms with Crippen LogP contribution in [0.1, 0.15) is 6.42 Å². The molecule has 0 aliphatic heterocycles. The van der Waals surface area contributed by atoms with E-state index in [1.54, 1.807) is 7.11 Å². The van der Waals surface area contributed by atoms with Crippen molar-refractivity contribution in [1.29, 1.82) is 0 Å². The minimum Gasteiger partial charge on any atom is -0.497 e. The van der Waals surface area contributed by atoms with Gasteiger partial charge in [-0.15, -0.1) is 0 Å². The summed E-state index contributed by atoms with van der Waals surface area (Å²) in [5.41, 5.74) is 2.80. The average Bonchev–Trinajstić information content (AvgIpc) is 2.72. The van der Waals surface area contributed by atoms with Gasteiger partial charge in [-0.1, -0.05) is 36.4 Å². The van der Waals surface area contributed by atoms with Crippen molar-refractivity contribution in [2.24, 2.45) is 0 Å². The summed E-state index contributed by atoms with van der Waals surface area (Å²) < 4.78 is 5.30. The van der Waals surface area contributed by atoms with Crippen LogP contribution in [0, 0.1) is 0 Å². The van der Waals surface area contributed by atoms with Gasteiger partial charge in [0, 0.05) is 29.9 Å². The molecule has 1 heterocycles. The predicted molar refractivity (Wildman–Crippen MR) is 115 cm³/mol. The van der Waals surface area contributed by atoms with Crippen LogP contribution < -0.4 is 15.4 Å². The standard InChI is InChI=1S/C22H27N5O/c1-27(2)14-8-13-23-21-16-20(17-9-5-4-6-10-17)25-22(26-21)24-18-11-7-12-19(15-18)28-3/h4-7,9-12,15-16H,8,13-14H2,1-3H3,(H2,23,24,25,26). The lowest BCUT2D eigenvalue weighted by molar-refractivity contribution is 0.405. The van der Waals surface area contributed by atoms with Gasteiger partial charge in [0.05, 0.1) is 12.8 Å². The number of methoxy groups -OCH3 is 1. The highest BCUT2D eigenvalue weighted by Gasteiger charge is 2.08. The van der Waals surface area contributed by atoms with Crippen LogP contribution in [0.15, 0.2) is 60.7 Å². The Balaban J connectivity index is 1.84. The third kappa shape index (κ3) is 5.69. The largest absolute Gasteiger partial charge is 0.497 e. The number of ether oxygens (including phenoxy) is 1. The fourth-order valence-corrected chi connectivity index (χ4v) is 2.79. The van der Waals surface area contributed by atoms with E-state index in [2.05, 4.69) is 34.6 Å². The molecule has 0 bridgehead atoms. The van der Waals surface area contributed by atoms with Crippen LogP contribution >= 0.6 is 0 Å². The maximum Gasteiger partial charge on any atom is 0.229 e. The van der Waals surface area contributed by atoms with Crippen molar-refractivity contribution in [3.05, 3.63) is 60.7 Å². The van der Waals surface area contributed by atoms with Crippen LogP contribution in [0.5, 0.6) is 5.75 Å². The zero-order valence-electron chi connectivity index (χ0n) is 16.6.